The lowest BCUT2D eigenvalue weighted by Crippen LogP contribution is -2.27. The Labute approximate surface area is 121 Å². The first kappa shape index (κ1) is 13.2. The summed E-state index contributed by atoms with van der Waals surface area (Å²) in [5.41, 5.74) is 9.36. The second kappa shape index (κ2) is 6.10. The van der Waals surface area contributed by atoms with E-state index in [2.05, 4.69) is 47.4 Å². The second-order valence-corrected chi connectivity index (χ2v) is 5.68. The standard InChI is InChI=1S/C18H22N2/c19-17-8-6-15(7-9-17)12-13-20(18-10-11-18)14-16-4-2-1-3-5-16/h1-9,18H,10-14,19H2. The first-order chi connectivity index (χ1) is 9.81. The zero-order valence-electron chi connectivity index (χ0n) is 11.8. The lowest BCUT2D eigenvalue weighted by Gasteiger charge is -2.22. The molecule has 2 nitrogen and oxygen atoms in total. The Kier molecular flexibility index (Phi) is 4.03. The highest BCUT2D eigenvalue weighted by Crippen LogP contribution is 2.28. The van der Waals surface area contributed by atoms with Crippen molar-refractivity contribution >= 4 is 5.69 Å². The van der Waals surface area contributed by atoms with Crippen LogP contribution in [0.1, 0.15) is 24.0 Å². The predicted molar refractivity (Wildman–Crippen MR) is 84.4 cm³/mol. The quantitative estimate of drug-likeness (QED) is 0.811. The Hall–Kier alpha value is -1.80. The van der Waals surface area contributed by atoms with Gasteiger partial charge in [0.15, 0.2) is 0 Å². The Morgan fingerprint density at radius 3 is 2.25 bits per heavy atom. The number of anilines is 1. The van der Waals surface area contributed by atoms with Crippen molar-refractivity contribution < 1.29 is 0 Å². The Morgan fingerprint density at radius 2 is 1.60 bits per heavy atom. The maximum absolute atomic E-state index is 5.73. The molecule has 1 fully saturated rings. The monoisotopic (exact) mass is 266 g/mol. The van der Waals surface area contributed by atoms with Crippen molar-refractivity contribution in [3.8, 4) is 0 Å². The average molecular weight is 266 g/mol. The van der Waals surface area contributed by atoms with Crippen LogP contribution in [0, 0.1) is 0 Å². The molecule has 2 heteroatoms. The third-order valence-electron chi connectivity index (χ3n) is 3.96. The van der Waals surface area contributed by atoms with Gasteiger partial charge in [0, 0.05) is 24.8 Å². The molecule has 2 aromatic carbocycles. The molecule has 0 aromatic heterocycles. The molecule has 0 radical (unpaired) electrons. The van der Waals surface area contributed by atoms with E-state index in [1.54, 1.807) is 0 Å². The molecule has 0 atom stereocenters. The molecule has 0 bridgehead atoms. The molecule has 1 saturated carbocycles. The van der Waals surface area contributed by atoms with Crippen LogP contribution in [-0.2, 0) is 13.0 Å². The van der Waals surface area contributed by atoms with Crippen molar-refractivity contribution in [2.24, 2.45) is 0 Å². The second-order valence-electron chi connectivity index (χ2n) is 5.68. The highest BCUT2D eigenvalue weighted by molar-refractivity contribution is 5.39. The van der Waals surface area contributed by atoms with E-state index in [-0.39, 0.29) is 0 Å². The molecule has 0 spiro atoms. The van der Waals surface area contributed by atoms with Crippen LogP contribution in [-0.4, -0.2) is 17.5 Å². The van der Waals surface area contributed by atoms with E-state index in [0.717, 1.165) is 31.2 Å². The summed E-state index contributed by atoms with van der Waals surface area (Å²) in [5, 5.41) is 0. The van der Waals surface area contributed by atoms with Crippen LogP contribution in [0.4, 0.5) is 5.69 Å². The van der Waals surface area contributed by atoms with Gasteiger partial charge in [-0.1, -0.05) is 42.5 Å². The zero-order chi connectivity index (χ0) is 13.8. The minimum Gasteiger partial charge on any atom is -0.399 e. The van der Waals surface area contributed by atoms with Crippen molar-refractivity contribution in [1.82, 2.24) is 4.90 Å². The summed E-state index contributed by atoms with van der Waals surface area (Å²) < 4.78 is 0. The van der Waals surface area contributed by atoms with Gasteiger partial charge in [0.25, 0.3) is 0 Å². The number of nitrogen functional groups attached to an aromatic ring is 1. The summed E-state index contributed by atoms with van der Waals surface area (Å²) in [5.74, 6) is 0. The fraction of sp³-hybridized carbons (Fsp3) is 0.333. The third-order valence-corrected chi connectivity index (χ3v) is 3.96. The van der Waals surface area contributed by atoms with Crippen LogP contribution in [0.25, 0.3) is 0 Å². The molecule has 0 aliphatic heterocycles. The van der Waals surface area contributed by atoms with Crippen molar-refractivity contribution in [2.75, 3.05) is 12.3 Å². The zero-order valence-corrected chi connectivity index (χ0v) is 11.8. The summed E-state index contributed by atoms with van der Waals surface area (Å²) in [6, 6.07) is 19.8. The Morgan fingerprint density at radius 1 is 0.900 bits per heavy atom. The van der Waals surface area contributed by atoms with Gasteiger partial charge in [-0.05, 0) is 42.5 Å². The fourth-order valence-electron chi connectivity index (χ4n) is 2.61. The van der Waals surface area contributed by atoms with Gasteiger partial charge in [0.2, 0.25) is 0 Å². The Bertz CT molecular complexity index is 529. The SMILES string of the molecule is Nc1ccc(CCN(Cc2ccccc2)C2CC2)cc1. The van der Waals surface area contributed by atoms with Crippen LogP contribution in [0.2, 0.25) is 0 Å². The largest absolute Gasteiger partial charge is 0.399 e. The van der Waals surface area contributed by atoms with Gasteiger partial charge in [-0.25, -0.2) is 0 Å². The summed E-state index contributed by atoms with van der Waals surface area (Å²) >= 11 is 0. The molecule has 2 N–H and O–H groups in total. The topological polar surface area (TPSA) is 29.3 Å². The number of nitrogens with two attached hydrogens (primary N) is 1. The number of hydrogen-bond donors (Lipinski definition) is 1. The maximum Gasteiger partial charge on any atom is 0.0314 e. The third kappa shape index (κ3) is 3.61. The molecule has 1 aliphatic rings. The Balaban J connectivity index is 1.59. The molecule has 0 heterocycles. The molecule has 104 valence electrons. The van der Waals surface area contributed by atoms with E-state index < -0.39 is 0 Å². The van der Waals surface area contributed by atoms with Gasteiger partial charge in [-0.15, -0.1) is 0 Å². The van der Waals surface area contributed by atoms with Crippen LogP contribution < -0.4 is 5.73 Å². The van der Waals surface area contributed by atoms with Gasteiger partial charge in [0.05, 0.1) is 0 Å². The summed E-state index contributed by atoms with van der Waals surface area (Å²) in [6.45, 7) is 2.20. The lowest BCUT2D eigenvalue weighted by molar-refractivity contribution is 0.258. The number of benzene rings is 2. The molecule has 1 aliphatic carbocycles. The molecule has 0 amide bonds. The maximum atomic E-state index is 5.73. The van der Waals surface area contributed by atoms with Gasteiger partial charge >= 0.3 is 0 Å². The normalized spacial score (nSPS) is 14.7. The van der Waals surface area contributed by atoms with Crippen molar-refractivity contribution in [2.45, 2.75) is 31.8 Å². The van der Waals surface area contributed by atoms with E-state index in [4.69, 9.17) is 5.73 Å². The minimum atomic E-state index is 0.795. The minimum absolute atomic E-state index is 0.795. The van der Waals surface area contributed by atoms with Crippen molar-refractivity contribution in [3.05, 3.63) is 65.7 Å². The summed E-state index contributed by atoms with van der Waals surface area (Å²) in [6.07, 6.45) is 3.81. The molecular weight excluding hydrogens is 244 g/mol. The van der Waals surface area contributed by atoms with Crippen LogP contribution in [0.3, 0.4) is 0 Å². The highest BCUT2D eigenvalue weighted by Gasteiger charge is 2.28. The first-order valence-electron chi connectivity index (χ1n) is 7.43. The number of rotatable bonds is 6. The van der Waals surface area contributed by atoms with E-state index in [1.165, 1.54) is 24.0 Å². The molecule has 2 aromatic rings. The van der Waals surface area contributed by atoms with Crippen LogP contribution >= 0.6 is 0 Å². The van der Waals surface area contributed by atoms with Crippen molar-refractivity contribution in [1.29, 1.82) is 0 Å². The van der Waals surface area contributed by atoms with Crippen LogP contribution in [0.5, 0.6) is 0 Å². The highest BCUT2D eigenvalue weighted by atomic mass is 15.2. The lowest BCUT2D eigenvalue weighted by atomic mass is 10.1. The van der Waals surface area contributed by atoms with Crippen LogP contribution in [0.15, 0.2) is 54.6 Å². The van der Waals surface area contributed by atoms with Gasteiger partial charge < -0.3 is 5.73 Å². The molecule has 20 heavy (non-hydrogen) atoms. The number of nitrogens with zero attached hydrogens (tertiary/aromatic N) is 1. The molecule has 0 saturated heterocycles. The summed E-state index contributed by atoms with van der Waals surface area (Å²) in [7, 11) is 0. The van der Waals surface area contributed by atoms with E-state index in [1.807, 2.05) is 12.1 Å². The fourth-order valence-corrected chi connectivity index (χ4v) is 2.61. The van der Waals surface area contributed by atoms with Gasteiger partial charge in [-0.2, -0.15) is 0 Å². The number of hydrogen-bond acceptors (Lipinski definition) is 2. The predicted octanol–water partition coefficient (Wildman–Crippen LogP) is 3.48. The first-order valence-corrected chi connectivity index (χ1v) is 7.43. The molecular formula is C18H22N2. The average Bonchev–Trinajstić information content (AvgIpc) is 3.31. The van der Waals surface area contributed by atoms with E-state index in [0.29, 0.717) is 0 Å². The van der Waals surface area contributed by atoms with Gasteiger partial charge in [0.1, 0.15) is 0 Å². The smallest absolute Gasteiger partial charge is 0.0314 e. The van der Waals surface area contributed by atoms with E-state index >= 15 is 0 Å². The molecule has 0 unspecified atom stereocenters. The van der Waals surface area contributed by atoms with Gasteiger partial charge in [-0.3, -0.25) is 4.90 Å². The summed E-state index contributed by atoms with van der Waals surface area (Å²) in [4.78, 5) is 2.62. The molecule has 3 rings (SSSR count). The van der Waals surface area contributed by atoms with E-state index in [9.17, 15) is 0 Å². The van der Waals surface area contributed by atoms with Crippen molar-refractivity contribution in [3.63, 3.8) is 0 Å².